The first-order valence-electron chi connectivity index (χ1n) is 8.28. The van der Waals surface area contributed by atoms with Gasteiger partial charge in [-0.1, -0.05) is 11.6 Å². The number of rotatable bonds is 4. The molecule has 3 rings (SSSR count). The number of halogens is 2. The second-order valence-electron chi connectivity index (χ2n) is 6.02. The van der Waals surface area contributed by atoms with Crippen molar-refractivity contribution in [3.63, 3.8) is 0 Å². The third-order valence-electron chi connectivity index (χ3n) is 4.32. The highest BCUT2D eigenvalue weighted by atomic mass is 79.9. The number of ether oxygens (including phenoxy) is 1. The van der Waals surface area contributed by atoms with E-state index in [1.165, 1.54) is 19.3 Å². The average Bonchev–Trinajstić information content (AvgIpc) is 2.62. The van der Waals surface area contributed by atoms with Gasteiger partial charge in [0.25, 0.3) is 5.91 Å². The summed E-state index contributed by atoms with van der Waals surface area (Å²) in [5.74, 6) is 0.496. The van der Waals surface area contributed by atoms with Crippen molar-refractivity contribution in [1.29, 1.82) is 0 Å². The molecule has 1 aliphatic heterocycles. The summed E-state index contributed by atoms with van der Waals surface area (Å²) in [5, 5.41) is 3.55. The summed E-state index contributed by atoms with van der Waals surface area (Å²) >= 11 is 9.83. The van der Waals surface area contributed by atoms with Crippen molar-refractivity contribution in [3.8, 4) is 5.75 Å². The van der Waals surface area contributed by atoms with Crippen LogP contribution in [0.3, 0.4) is 0 Å². The lowest BCUT2D eigenvalue weighted by atomic mass is 10.1. The minimum absolute atomic E-state index is 0.190. The molecule has 2 aromatic rings. The zero-order valence-corrected chi connectivity index (χ0v) is 16.4. The van der Waals surface area contributed by atoms with E-state index in [4.69, 9.17) is 16.3 Å². The summed E-state index contributed by atoms with van der Waals surface area (Å²) < 4.78 is 5.92. The van der Waals surface area contributed by atoms with Gasteiger partial charge in [0.15, 0.2) is 0 Å². The Balaban J connectivity index is 1.73. The number of hydrogen-bond acceptors (Lipinski definition) is 3. The fourth-order valence-electron chi connectivity index (χ4n) is 2.99. The number of carbonyl (C=O) groups excluding carboxylic acids is 1. The number of methoxy groups -OCH3 is 1. The minimum Gasteiger partial charge on any atom is -0.496 e. The van der Waals surface area contributed by atoms with Crippen LogP contribution >= 0.6 is 27.5 Å². The monoisotopic (exact) mass is 422 g/mol. The van der Waals surface area contributed by atoms with E-state index in [1.54, 1.807) is 25.3 Å². The molecular formula is C19H20BrClN2O2. The number of nitrogens with zero attached hydrogens (tertiary/aromatic N) is 1. The van der Waals surface area contributed by atoms with Gasteiger partial charge in [-0.05, 0) is 71.6 Å². The first-order valence-corrected chi connectivity index (χ1v) is 9.45. The number of anilines is 2. The summed E-state index contributed by atoms with van der Waals surface area (Å²) in [4.78, 5) is 14.7. The van der Waals surface area contributed by atoms with E-state index in [2.05, 4.69) is 26.1 Å². The predicted molar refractivity (Wildman–Crippen MR) is 106 cm³/mol. The van der Waals surface area contributed by atoms with Gasteiger partial charge in [0, 0.05) is 24.3 Å². The molecular weight excluding hydrogens is 404 g/mol. The molecule has 1 amide bonds. The second-order valence-corrected chi connectivity index (χ2v) is 7.28. The Morgan fingerprint density at radius 3 is 2.56 bits per heavy atom. The highest BCUT2D eigenvalue weighted by Gasteiger charge is 2.15. The minimum atomic E-state index is -0.190. The highest BCUT2D eigenvalue weighted by Crippen LogP contribution is 2.31. The predicted octanol–water partition coefficient (Wildman–Crippen LogP) is 5.35. The van der Waals surface area contributed by atoms with E-state index in [1.807, 2.05) is 18.2 Å². The molecule has 0 aliphatic carbocycles. The van der Waals surface area contributed by atoms with Gasteiger partial charge in [0.05, 0.1) is 22.3 Å². The Labute approximate surface area is 161 Å². The molecule has 0 aromatic heterocycles. The van der Waals surface area contributed by atoms with Crippen LogP contribution in [0.4, 0.5) is 11.4 Å². The SMILES string of the molecule is COc1ccc(C(=O)Nc2ccc(N3CCCCC3)c(Cl)c2)cc1Br. The molecule has 0 bridgehead atoms. The van der Waals surface area contributed by atoms with Gasteiger partial charge in [0.1, 0.15) is 5.75 Å². The average molecular weight is 424 g/mol. The van der Waals surface area contributed by atoms with Crippen LogP contribution in [0.1, 0.15) is 29.6 Å². The van der Waals surface area contributed by atoms with Gasteiger partial charge in [-0.2, -0.15) is 0 Å². The molecule has 25 heavy (non-hydrogen) atoms. The normalized spacial score (nSPS) is 14.3. The lowest BCUT2D eigenvalue weighted by Gasteiger charge is -2.29. The molecule has 0 saturated carbocycles. The zero-order chi connectivity index (χ0) is 17.8. The lowest BCUT2D eigenvalue weighted by molar-refractivity contribution is 0.102. The smallest absolute Gasteiger partial charge is 0.255 e. The maximum atomic E-state index is 12.4. The molecule has 0 unspecified atom stereocenters. The molecule has 4 nitrogen and oxygen atoms in total. The molecule has 1 saturated heterocycles. The van der Waals surface area contributed by atoms with Crippen molar-refractivity contribution < 1.29 is 9.53 Å². The number of amides is 1. The quantitative estimate of drug-likeness (QED) is 0.720. The summed E-state index contributed by atoms with van der Waals surface area (Å²) in [6, 6.07) is 10.9. The van der Waals surface area contributed by atoms with E-state index in [0.29, 0.717) is 22.0 Å². The van der Waals surface area contributed by atoms with Gasteiger partial charge in [-0.25, -0.2) is 0 Å². The van der Waals surface area contributed by atoms with Crippen LogP contribution in [0.15, 0.2) is 40.9 Å². The summed E-state index contributed by atoms with van der Waals surface area (Å²) in [6.07, 6.45) is 3.67. The fourth-order valence-corrected chi connectivity index (χ4v) is 3.83. The molecule has 132 valence electrons. The molecule has 1 heterocycles. The van der Waals surface area contributed by atoms with E-state index in [-0.39, 0.29) is 5.91 Å². The van der Waals surface area contributed by atoms with Gasteiger partial charge in [0.2, 0.25) is 0 Å². The Kier molecular flexibility index (Phi) is 5.86. The standard InChI is InChI=1S/C19H20BrClN2O2/c1-25-18-8-5-13(11-15(18)20)19(24)22-14-6-7-17(16(21)12-14)23-9-3-2-4-10-23/h5-8,11-12H,2-4,9-10H2,1H3,(H,22,24). The molecule has 6 heteroatoms. The van der Waals surface area contributed by atoms with Crippen molar-refractivity contribution in [2.24, 2.45) is 0 Å². The highest BCUT2D eigenvalue weighted by molar-refractivity contribution is 9.10. The van der Waals surface area contributed by atoms with E-state index < -0.39 is 0 Å². The molecule has 1 N–H and O–H groups in total. The summed E-state index contributed by atoms with van der Waals surface area (Å²) in [6.45, 7) is 2.07. The van der Waals surface area contributed by atoms with Crippen molar-refractivity contribution >= 4 is 44.8 Å². The Morgan fingerprint density at radius 1 is 1.16 bits per heavy atom. The number of piperidine rings is 1. The third kappa shape index (κ3) is 4.28. The van der Waals surface area contributed by atoms with Crippen LogP contribution in [0.5, 0.6) is 5.75 Å². The van der Waals surface area contributed by atoms with Crippen molar-refractivity contribution in [2.75, 3.05) is 30.4 Å². The second kappa shape index (κ2) is 8.11. The Hall–Kier alpha value is -1.72. The first kappa shape index (κ1) is 18.1. The molecule has 0 atom stereocenters. The Bertz CT molecular complexity index is 776. The van der Waals surface area contributed by atoms with Gasteiger partial charge in [-0.15, -0.1) is 0 Å². The van der Waals surface area contributed by atoms with E-state index in [0.717, 1.165) is 23.2 Å². The van der Waals surface area contributed by atoms with Crippen LogP contribution in [-0.4, -0.2) is 26.1 Å². The van der Waals surface area contributed by atoms with Gasteiger partial charge < -0.3 is 15.0 Å². The number of nitrogens with one attached hydrogen (secondary N) is 1. The fraction of sp³-hybridized carbons (Fsp3) is 0.316. The molecule has 2 aromatic carbocycles. The topological polar surface area (TPSA) is 41.6 Å². The number of hydrogen-bond donors (Lipinski definition) is 1. The summed E-state index contributed by atoms with van der Waals surface area (Å²) in [5.41, 5.74) is 2.26. The van der Waals surface area contributed by atoms with Crippen LogP contribution in [0.25, 0.3) is 0 Å². The van der Waals surface area contributed by atoms with Crippen LogP contribution in [0, 0.1) is 0 Å². The maximum absolute atomic E-state index is 12.4. The van der Waals surface area contributed by atoms with Crippen LogP contribution < -0.4 is 15.0 Å². The van der Waals surface area contributed by atoms with Crippen molar-refractivity contribution in [3.05, 3.63) is 51.5 Å². The number of carbonyl (C=O) groups is 1. The largest absolute Gasteiger partial charge is 0.496 e. The summed E-state index contributed by atoms with van der Waals surface area (Å²) in [7, 11) is 1.59. The van der Waals surface area contributed by atoms with Crippen molar-refractivity contribution in [1.82, 2.24) is 0 Å². The van der Waals surface area contributed by atoms with Gasteiger partial charge in [-0.3, -0.25) is 4.79 Å². The zero-order valence-electron chi connectivity index (χ0n) is 14.0. The Morgan fingerprint density at radius 2 is 1.92 bits per heavy atom. The maximum Gasteiger partial charge on any atom is 0.255 e. The molecule has 1 fully saturated rings. The molecule has 0 radical (unpaired) electrons. The third-order valence-corrected chi connectivity index (χ3v) is 5.24. The van der Waals surface area contributed by atoms with Crippen molar-refractivity contribution in [2.45, 2.75) is 19.3 Å². The van der Waals surface area contributed by atoms with E-state index in [9.17, 15) is 4.79 Å². The van der Waals surface area contributed by atoms with Gasteiger partial charge >= 0.3 is 0 Å². The molecule has 0 spiro atoms. The lowest BCUT2D eigenvalue weighted by Crippen LogP contribution is -2.29. The molecule has 1 aliphatic rings. The van der Waals surface area contributed by atoms with E-state index >= 15 is 0 Å². The number of benzene rings is 2. The van der Waals surface area contributed by atoms with Crippen LogP contribution in [0.2, 0.25) is 5.02 Å². The first-order chi connectivity index (χ1) is 12.1. The van der Waals surface area contributed by atoms with Crippen LogP contribution in [-0.2, 0) is 0 Å².